The van der Waals surface area contributed by atoms with Crippen LogP contribution in [0, 0.1) is 0 Å². The van der Waals surface area contributed by atoms with Crippen LogP contribution in [0.25, 0.3) is 0 Å². The van der Waals surface area contributed by atoms with Gasteiger partial charge in [0.15, 0.2) is 0 Å². The molecule has 1 aromatic rings. The molecule has 0 bridgehead atoms. The van der Waals surface area contributed by atoms with E-state index in [9.17, 15) is 0 Å². The van der Waals surface area contributed by atoms with Crippen molar-refractivity contribution in [2.24, 2.45) is 0 Å². The van der Waals surface area contributed by atoms with Crippen molar-refractivity contribution in [1.82, 2.24) is 4.90 Å². The normalized spacial score (nSPS) is 19.9. The van der Waals surface area contributed by atoms with Gasteiger partial charge in [-0.1, -0.05) is 6.42 Å². The number of benzene rings is 1. The molecule has 0 saturated carbocycles. The molecule has 0 spiro atoms. The van der Waals surface area contributed by atoms with E-state index in [1.54, 1.807) is 0 Å². The zero-order valence-electron chi connectivity index (χ0n) is 11.5. The molecule has 4 nitrogen and oxygen atoms in total. The number of anilines is 2. The van der Waals surface area contributed by atoms with E-state index in [1.807, 2.05) is 18.2 Å². The fourth-order valence-corrected chi connectivity index (χ4v) is 2.97. The highest BCUT2D eigenvalue weighted by molar-refractivity contribution is 5.66. The largest absolute Gasteiger partial charge is 0.490 e. The van der Waals surface area contributed by atoms with E-state index >= 15 is 0 Å². The van der Waals surface area contributed by atoms with Crippen LogP contribution in [0.2, 0.25) is 0 Å². The van der Waals surface area contributed by atoms with Crippen molar-refractivity contribution >= 4 is 11.4 Å². The summed E-state index contributed by atoms with van der Waals surface area (Å²) >= 11 is 0. The number of nitrogens with zero attached hydrogens (tertiary/aromatic N) is 2. The van der Waals surface area contributed by atoms with Crippen LogP contribution >= 0.6 is 0 Å². The van der Waals surface area contributed by atoms with Gasteiger partial charge in [0, 0.05) is 18.8 Å². The number of ether oxygens (including phenoxy) is 1. The van der Waals surface area contributed by atoms with Gasteiger partial charge in [-0.3, -0.25) is 0 Å². The Kier molecular flexibility index (Phi) is 3.78. The monoisotopic (exact) mass is 261 g/mol. The van der Waals surface area contributed by atoms with E-state index in [0.717, 1.165) is 43.4 Å². The first-order chi connectivity index (χ1) is 9.33. The second-order valence-corrected chi connectivity index (χ2v) is 5.46. The lowest BCUT2D eigenvalue weighted by atomic mass is 10.1. The average molecular weight is 261 g/mol. The highest BCUT2D eigenvalue weighted by Gasteiger charge is 2.19. The van der Waals surface area contributed by atoms with Gasteiger partial charge in [-0.05, 0) is 44.1 Å². The van der Waals surface area contributed by atoms with Crippen LogP contribution in [-0.2, 0) is 0 Å². The first kappa shape index (κ1) is 12.6. The number of fused-ring (bicyclic) bond motifs is 1. The van der Waals surface area contributed by atoms with Crippen molar-refractivity contribution in [3.05, 3.63) is 18.2 Å². The lowest BCUT2D eigenvalue weighted by Crippen LogP contribution is -2.41. The number of nitrogen functional groups attached to an aromatic ring is 1. The molecule has 1 aromatic carbocycles. The van der Waals surface area contributed by atoms with Gasteiger partial charge in [-0.15, -0.1) is 0 Å². The molecule has 0 aromatic heterocycles. The van der Waals surface area contributed by atoms with Crippen molar-refractivity contribution in [3.63, 3.8) is 0 Å². The third-order valence-electron chi connectivity index (χ3n) is 4.08. The first-order valence-electron chi connectivity index (χ1n) is 7.32. The molecule has 0 radical (unpaired) electrons. The van der Waals surface area contributed by atoms with Crippen molar-refractivity contribution in [1.29, 1.82) is 0 Å². The van der Waals surface area contributed by atoms with E-state index in [4.69, 9.17) is 10.5 Å². The number of hydrogen-bond donors (Lipinski definition) is 1. The summed E-state index contributed by atoms with van der Waals surface area (Å²) in [6, 6.07) is 5.93. The summed E-state index contributed by atoms with van der Waals surface area (Å²) in [5, 5.41) is 0. The average Bonchev–Trinajstić information content (AvgIpc) is 2.46. The van der Waals surface area contributed by atoms with Gasteiger partial charge in [0.25, 0.3) is 0 Å². The summed E-state index contributed by atoms with van der Waals surface area (Å²) in [4.78, 5) is 4.98. The van der Waals surface area contributed by atoms with Gasteiger partial charge >= 0.3 is 0 Å². The third-order valence-corrected chi connectivity index (χ3v) is 4.08. The maximum absolute atomic E-state index is 5.89. The molecule has 1 saturated heterocycles. The van der Waals surface area contributed by atoms with Crippen LogP contribution in [-0.4, -0.2) is 44.2 Å². The summed E-state index contributed by atoms with van der Waals surface area (Å²) < 4.78 is 5.69. The number of piperidine rings is 1. The Labute approximate surface area is 115 Å². The molecular formula is C15H23N3O. The van der Waals surface area contributed by atoms with E-state index in [1.165, 1.54) is 32.4 Å². The predicted molar refractivity (Wildman–Crippen MR) is 78.9 cm³/mol. The zero-order chi connectivity index (χ0) is 13.1. The fraction of sp³-hybridized carbons (Fsp3) is 0.600. The van der Waals surface area contributed by atoms with Gasteiger partial charge in [-0.25, -0.2) is 0 Å². The minimum Gasteiger partial charge on any atom is -0.490 e. The molecule has 0 unspecified atom stereocenters. The fourth-order valence-electron chi connectivity index (χ4n) is 2.97. The highest BCUT2D eigenvalue weighted by atomic mass is 16.5. The topological polar surface area (TPSA) is 41.7 Å². The van der Waals surface area contributed by atoms with E-state index in [2.05, 4.69) is 9.80 Å². The molecule has 3 rings (SSSR count). The minimum atomic E-state index is 0.775. The Balaban J connectivity index is 1.64. The van der Waals surface area contributed by atoms with Crippen LogP contribution in [0.5, 0.6) is 5.75 Å². The summed E-state index contributed by atoms with van der Waals surface area (Å²) in [7, 11) is 0. The molecule has 2 aliphatic heterocycles. The lowest BCUT2D eigenvalue weighted by molar-refractivity contribution is 0.229. The minimum absolute atomic E-state index is 0.775. The molecule has 19 heavy (non-hydrogen) atoms. The van der Waals surface area contributed by atoms with E-state index in [0.29, 0.717) is 0 Å². The quantitative estimate of drug-likeness (QED) is 0.845. The van der Waals surface area contributed by atoms with E-state index in [-0.39, 0.29) is 0 Å². The maximum atomic E-state index is 5.89. The second-order valence-electron chi connectivity index (χ2n) is 5.46. The van der Waals surface area contributed by atoms with Crippen LogP contribution in [0.3, 0.4) is 0 Å². The SMILES string of the molecule is Nc1ccc2c(c1)N(CCN1CCCCC1)CCO2. The van der Waals surface area contributed by atoms with Gasteiger partial charge in [-0.2, -0.15) is 0 Å². The molecule has 0 aliphatic carbocycles. The zero-order valence-corrected chi connectivity index (χ0v) is 11.5. The van der Waals surface area contributed by atoms with Crippen LogP contribution in [0.15, 0.2) is 18.2 Å². The van der Waals surface area contributed by atoms with Gasteiger partial charge in [0.2, 0.25) is 0 Å². The molecule has 0 amide bonds. The Morgan fingerprint density at radius 3 is 2.74 bits per heavy atom. The Bertz CT molecular complexity index is 429. The van der Waals surface area contributed by atoms with Gasteiger partial charge < -0.3 is 20.3 Å². The number of rotatable bonds is 3. The molecular weight excluding hydrogens is 238 g/mol. The Morgan fingerprint density at radius 2 is 1.89 bits per heavy atom. The van der Waals surface area contributed by atoms with E-state index < -0.39 is 0 Å². The van der Waals surface area contributed by atoms with Crippen LogP contribution in [0.4, 0.5) is 11.4 Å². The van der Waals surface area contributed by atoms with Gasteiger partial charge in [0.1, 0.15) is 12.4 Å². The summed E-state index contributed by atoms with van der Waals surface area (Å²) in [6.07, 6.45) is 4.10. The van der Waals surface area contributed by atoms with Crippen molar-refractivity contribution < 1.29 is 4.74 Å². The number of hydrogen-bond acceptors (Lipinski definition) is 4. The molecule has 104 valence electrons. The third kappa shape index (κ3) is 2.95. The number of likely N-dealkylation sites (tertiary alicyclic amines) is 1. The molecule has 2 heterocycles. The standard InChI is InChI=1S/C15H23N3O/c16-13-4-5-15-14(12-13)18(10-11-19-15)9-8-17-6-2-1-3-7-17/h4-5,12H,1-3,6-11,16H2. The van der Waals surface area contributed by atoms with Crippen molar-refractivity contribution in [2.45, 2.75) is 19.3 Å². The summed E-state index contributed by atoms with van der Waals surface area (Å²) in [5.74, 6) is 0.971. The predicted octanol–water partition coefficient (Wildman–Crippen LogP) is 1.95. The molecule has 0 atom stereocenters. The van der Waals surface area contributed by atoms with Crippen LogP contribution in [0.1, 0.15) is 19.3 Å². The molecule has 1 fully saturated rings. The smallest absolute Gasteiger partial charge is 0.142 e. The summed E-state index contributed by atoms with van der Waals surface area (Å²) in [5.41, 5.74) is 7.86. The van der Waals surface area contributed by atoms with Crippen molar-refractivity contribution in [3.8, 4) is 5.75 Å². The molecule has 2 aliphatic rings. The van der Waals surface area contributed by atoms with Crippen molar-refractivity contribution in [2.75, 3.05) is 50.0 Å². The first-order valence-corrected chi connectivity index (χ1v) is 7.32. The molecule has 4 heteroatoms. The molecule has 2 N–H and O–H groups in total. The Morgan fingerprint density at radius 1 is 1.05 bits per heavy atom. The maximum Gasteiger partial charge on any atom is 0.142 e. The van der Waals surface area contributed by atoms with Gasteiger partial charge in [0.05, 0.1) is 12.2 Å². The second kappa shape index (κ2) is 5.70. The number of nitrogens with two attached hydrogens (primary N) is 1. The highest BCUT2D eigenvalue weighted by Crippen LogP contribution is 2.33. The summed E-state index contributed by atoms with van der Waals surface area (Å²) in [6.45, 7) is 6.47. The Hall–Kier alpha value is -1.42. The van der Waals surface area contributed by atoms with Crippen LogP contribution < -0.4 is 15.4 Å². The lowest BCUT2D eigenvalue weighted by Gasteiger charge is -2.34.